The second kappa shape index (κ2) is 5.97. The van der Waals surface area contributed by atoms with Crippen LogP contribution < -0.4 is 0 Å². The summed E-state index contributed by atoms with van der Waals surface area (Å²) in [7, 11) is 0. The van der Waals surface area contributed by atoms with E-state index in [0.29, 0.717) is 5.56 Å². The molecule has 0 aliphatic rings. The molecule has 0 aliphatic carbocycles. The number of hydrogen-bond donors (Lipinski definition) is 0. The molecule has 0 aromatic heterocycles. The van der Waals surface area contributed by atoms with Crippen LogP contribution in [-0.4, -0.2) is 5.78 Å². The van der Waals surface area contributed by atoms with Gasteiger partial charge in [-0.3, -0.25) is 4.79 Å². The van der Waals surface area contributed by atoms with E-state index in [1.165, 1.54) is 0 Å². The Morgan fingerprint density at radius 3 is 2.53 bits per heavy atom. The number of hydrogen-bond acceptors (Lipinski definition) is 2. The lowest BCUT2D eigenvalue weighted by atomic mass is 9.88. The van der Waals surface area contributed by atoms with Gasteiger partial charge in [0.25, 0.3) is 0 Å². The van der Waals surface area contributed by atoms with E-state index < -0.39 is 0 Å². The lowest BCUT2D eigenvalue weighted by Crippen LogP contribution is -2.12. The van der Waals surface area contributed by atoms with E-state index in [-0.39, 0.29) is 18.1 Å². The van der Waals surface area contributed by atoms with Crippen molar-refractivity contribution >= 4 is 5.78 Å². The van der Waals surface area contributed by atoms with Gasteiger partial charge in [0.1, 0.15) is 0 Å². The van der Waals surface area contributed by atoms with Crippen LogP contribution in [0.3, 0.4) is 0 Å². The summed E-state index contributed by atoms with van der Waals surface area (Å²) in [5, 5.41) is 8.95. The van der Waals surface area contributed by atoms with E-state index in [4.69, 9.17) is 5.26 Å². The maximum atomic E-state index is 12.5. The minimum absolute atomic E-state index is 0.0106. The molecule has 0 spiro atoms. The van der Waals surface area contributed by atoms with E-state index in [1.807, 2.05) is 61.5 Å². The van der Waals surface area contributed by atoms with Crippen LogP contribution in [0.15, 0.2) is 54.6 Å². The van der Waals surface area contributed by atoms with Crippen LogP contribution in [0.1, 0.15) is 33.8 Å². The Morgan fingerprint density at radius 2 is 1.89 bits per heavy atom. The fourth-order valence-electron chi connectivity index (χ4n) is 2.14. The third-order valence-corrected chi connectivity index (χ3v) is 3.12. The average molecular weight is 249 g/mol. The van der Waals surface area contributed by atoms with Crippen LogP contribution in [0.5, 0.6) is 0 Å². The Kier molecular flexibility index (Phi) is 4.10. The molecule has 0 radical (unpaired) electrons. The van der Waals surface area contributed by atoms with Gasteiger partial charge in [-0.15, -0.1) is 0 Å². The number of rotatable bonds is 4. The number of Topliss-reactive ketones (excluding diaryl/α,β-unsaturated/α-hetero) is 1. The number of nitriles is 1. The molecule has 1 unspecified atom stereocenters. The molecule has 1 atom stereocenters. The molecule has 0 heterocycles. The number of aryl methyl sites for hydroxylation is 1. The molecule has 2 aromatic carbocycles. The lowest BCUT2D eigenvalue weighted by molar-refractivity contribution is 0.0960. The highest BCUT2D eigenvalue weighted by molar-refractivity contribution is 6.01. The predicted molar refractivity (Wildman–Crippen MR) is 74.9 cm³/mol. The first-order chi connectivity index (χ1) is 9.22. The van der Waals surface area contributed by atoms with Crippen molar-refractivity contribution in [1.82, 2.24) is 0 Å². The summed E-state index contributed by atoms with van der Waals surface area (Å²) in [6.45, 7) is 1.96. The molecule has 0 fully saturated rings. The standard InChI is InChI=1S/C17H15NO/c1-13-6-5-9-15(12-13)17(19)16(10-11-18)14-7-3-2-4-8-14/h2-9,12,16H,10H2,1H3. The van der Waals surface area contributed by atoms with Gasteiger partial charge < -0.3 is 0 Å². The second-order valence-corrected chi connectivity index (χ2v) is 4.56. The minimum atomic E-state index is -0.381. The summed E-state index contributed by atoms with van der Waals surface area (Å²) < 4.78 is 0. The number of ketones is 1. The zero-order valence-electron chi connectivity index (χ0n) is 10.8. The van der Waals surface area contributed by atoms with Crippen LogP contribution in [0, 0.1) is 18.3 Å². The SMILES string of the molecule is Cc1cccc(C(=O)C(CC#N)c2ccccc2)c1. The molecule has 0 saturated carbocycles. The molecular formula is C17H15NO. The summed E-state index contributed by atoms with van der Waals surface area (Å²) in [4.78, 5) is 12.5. The average Bonchev–Trinajstić information content (AvgIpc) is 2.45. The van der Waals surface area contributed by atoms with Crippen molar-refractivity contribution in [3.8, 4) is 6.07 Å². The van der Waals surface area contributed by atoms with Crippen molar-refractivity contribution in [2.75, 3.05) is 0 Å². The Morgan fingerprint density at radius 1 is 1.16 bits per heavy atom. The highest BCUT2D eigenvalue weighted by atomic mass is 16.1. The fourth-order valence-corrected chi connectivity index (χ4v) is 2.14. The molecule has 2 heteroatoms. The number of benzene rings is 2. The molecule has 0 bridgehead atoms. The quantitative estimate of drug-likeness (QED) is 0.772. The Hall–Kier alpha value is -2.40. The zero-order valence-corrected chi connectivity index (χ0v) is 10.8. The third-order valence-electron chi connectivity index (χ3n) is 3.12. The number of carbonyl (C=O) groups is 1. The summed E-state index contributed by atoms with van der Waals surface area (Å²) >= 11 is 0. The molecule has 0 aliphatic heterocycles. The molecule has 0 saturated heterocycles. The Labute approximate surface area is 113 Å². The van der Waals surface area contributed by atoms with Crippen LogP contribution >= 0.6 is 0 Å². The first-order valence-electron chi connectivity index (χ1n) is 6.25. The predicted octanol–water partition coefficient (Wildman–Crippen LogP) is 3.88. The largest absolute Gasteiger partial charge is 0.293 e. The summed E-state index contributed by atoms with van der Waals surface area (Å²) in [6.07, 6.45) is 0.205. The maximum Gasteiger partial charge on any atom is 0.171 e. The molecule has 94 valence electrons. The summed E-state index contributed by atoms with van der Waals surface area (Å²) in [5.74, 6) is -0.371. The van der Waals surface area contributed by atoms with Gasteiger partial charge in [0.05, 0.1) is 12.0 Å². The van der Waals surface area contributed by atoms with Crippen LogP contribution in [0.2, 0.25) is 0 Å². The van der Waals surface area contributed by atoms with Crippen molar-refractivity contribution in [2.45, 2.75) is 19.3 Å². The minimum Gasteiger partial charge on any atom is -0.293 e. The molecule has 2 aromatic rings. The van der Waals surface area contributed by atoms with Gasteiger partial charge in [0.2, 0.25) is 0 Å². The second-order valence-electron chi connectivity index (χ2n) is 4.56. The molecule has 2 rings (SSSR count). The summed E-state index contributed by atoms with van der Waals surface area (Å²) in [6, 6.07) is 19.1. The van der Waals surface area contributed by atoms with Crippen molar-refractivity contribution < 1.29 is 4.79 Å². The van der Waals surface area contributed by atoms with Crippen molar-refractivity contribution in [2.24, 2.45) is 0 Å². The molecule has 0 amide bonds. The third kappa shape index (κ3) is 3.08. The smallest absolute Gasteiger partial charge is 0.171 e. The van der Waals surface area contributed by atoms with E-state index in [9.17, 15) is 4.79 Å². The highest BCUT2D eigenvalue weighted by Crippen LogP contribution is 2.24. The monoisotopic (exact) mass is 249 g/mol. The van der Waals surface area contributed by atoms with Crippen LogP contribution in [0.4, 0.5) is 0 Å². The van der Waals surface area contributed by atoms with Gasteiger partial charge in [0, 0.05) is 12.0 Å². The Balaban J connectivity index is 2.35. The first-order valence-corrected chi connectivity index (χ1v) is 6.25. The maximum absolute atomic E-state index is 12.5. The van der Waals surface area contributed by atoms with Gasteiger partial charge in [-0.05, 0) is 18.6 Å². The van der Waals surface area contributed by atoms with Crippen LogP contribution in [-0.2, 0) is 0 Å². The van der Waals surface area contributed by atoms with Crippen molar-refractivity contribution in [3.63, 3.8) is 0 Å². The highest BCUT2D eigenvalue weighted by Gasteiger charge is 2.21. The number of nitrogens with zero attached hydrogens (tertiary/aromatic N) is 1. The normalized spacial score (nSPS) is 11.6. The van der Waals surface area contributed by atoms with E-state index in [0.717, 1.165) is 11.1 Å². The van der Waals surface area contributed by atoms with E-state index in [2.05, 4.69) is 6.07 Å². The van der Waals surface area contributed by atoms with Crippen LogP contribution in [0.25, 0.3) is 0 Å². The molecular weight excluding hydrogens is 234 g/mol. The topological polar surface area (TPSA) is 40.9 Å². The van der Waals surface area contributed by atoms with Gasteiger partial charge in [-0.25, -0.2) is 0 Å². The Bertz CT molecular complexity index is 611. The van der Waals surface area contributed by atoms with Gasteiger partial charge in [0.15, 0.2) is 5.78 Å². The van der Waals surface area contributed by atoms with Gasteiger partial charge in [-0.2, -0.15) is 5.26 Å². The number of carbonyl (C=O) groups excluding carboxylic acids is 1. The first kappa shape index (κ1) is 13.0. The van der Waals surface area contributed by atoms with Crippen molar-refractivity contribution in [3.05, 3.63) is 71.3 Å². The van der Waals surface area contributed by atoms with E-state index in [1.54, 1.807) is 0 Å². The fraction of sp³-hybridized carbons (Fsp3) is 0.176. The van der Waals surface area contributed by atoms with E-state index >= 15 is 0 Å². The van der Waals surface area contributed by atoms with Gasteiger partial charge >= 0.3 is 0 Å². The molecule has 0 N–H and O–H groups in total. The van der Waals surface area contributed by atoms with Gasteiger partial charge in [-0.1, -0.05) is 54.1 Å². The zero-order chi connectivity index (χ0) is 13.7. The summed E-state index contributed by atoms with van der Waals surface area (Å²) in [5.41, 5.74) is 2.62. The molecule has 19 heavy (non-hydrogen) atoms. The lowest BCUT2D eigenvalue weighted by Gasteiger charge is -2.13. The van der Waals surface area contributed by atoms with Crippen molar-refractivity contribution in [1.29, 1.82) is 5.26 Å². The molecule has 2 nitrogen and oxygen atoms in total.